The second-order valence-electron chi connectivity index (χ2n) is 8.33. The summed E-state index contributed by atoms with van der Waals surface area (Å²) in [6.07, 6.45) is 9.05. The summed E-state index contributed by atoms with van der Waals surface area (Å²) in [6.45, 7) is 23.1. The average molecular weight is 511 g/mol. The molecular formula is C30H46Cl2FN. The Morgan fingerprint density at radius 3 is 2.12 bits per heavy atom. The molecular weight excluding hydrogens is 464 g/mol. The molecule has 1 aromatic carbocycles. The molecule has 1 nitrogen and oxygen atoms in total. The van der Waals surface area contributed by atoms with E-state index in [0.717, 1.165) is 28.5 Å². The molecule has 0 spiro atoms. The minimum atomic E-state index is -0.0509. The van der Waals surface area contributed by atoms with Crippen molar-refractivity contribution < 1.29 is 4.39 Å². The molecule has 0 saturated carbocycles. The van der Waals surface area contributed by atoms with Crippen LogP contribution in [0.3, 0.4) is 0 Å². The average Bonchev–Trinajstić information content (AvgIpc) is 3.38. The zero-order valence-electron chi connectivity index (χ0n) is 22.7. The lowest BCUT2D eigenvalue weighted by atomic mass is 9.91. The van der Waals surface area contributed by atoms with Crippen LogP contribution in [0.5, 0.6) is 0 Å². The Balaban J connectivity index is 0. The Hall–Kier alpha value is -1.53. The predicted octanol–water partition coefficient (Wildman–Crippen LogP) is 9.98. The molecule has 0 bridgehead atoms. The smallest absolute Gasteiger partial charge is 0.109 e. The van der Waals surface area contributed by atoms with Gasteiger partial charge in [-0.15, -0.1) is 19.6 Å². The van der Waals surface area contributed by atoms with E-state index >= 15 is 0 Å². The molecule has 1 aliphatic heterocycles. The van der Waals surface area contributed by atoms with Gasteiger partial charge in [0, 0.05) is 29.1 Å². The summed E-state index contributed by atoms with van der Waals surface area (Å²) in [5.74, 6) is 4.36. The Morgan fingerprint density at radius 2 is 1.79 bits per heavy atom. The zero-order chi connectivity index (χ0) is 26.8. The van der Waals surface area contributed by atoms with E-state index in [4.69, 9.17) is 29.6 Å². The minimum absolute atomic E-state index is 0.0509. The lowest BCUT2D eigenvalue weighted by Gasteiger charge is -2.16. The highest BCUT2D eigenvalue weighted by molar-refractivity contribution is 6.32. The lowest BCUT2D eigenvalue weighted by Crippen LogP contribution is -2.17. The maximum Gasteiger partial charge on any atom is 0.109 e. The first-order valence-electron chi connectivity index (χ1n) is 12.3. The summed E-state index contributed by atoms with van der Waals surface area (Å²) in [4.78, 5) is 2.44. The zero-order valence-corrected chi connectivity index (χ0v) is 24.2. The number of hydrogen-bond donors (Lipinski definition) is 0. The van der Waals surface area contributed by atoms with Gasteiger partial charge in [0.15, 0.2) is 0 Å². The van der Waals surface area contributed by atoms with Crippen LogP contribution in [0, 0.1) is 31.1 Å². The maximum atomic E-state index is 12.8. The number of hydrogen-bond acceptors (Lipinski definition) is 1. The van der Waals surface area contributed by atoms with Crippen LogP contribution >= 0.6 is 23.2 Å². The first-order valence-corrected chi connectivity index (χ1v) is 13.0. The van der Waals surface area contributed by atoms with Gasteiger partial charge in [0.1, 0.15) is 5.83 Å². The fourth-order valence-electron chi connectivity index (χ4n) is 3.64. The molecule has 1 fully saturated rings. The van der Waals surface area contributed by atoms with E-state index in [0.29, 0.717) is 28.5 Å². The van der Waals surface area contributed by atoms with E-state index in [1.165, 1.54) is 25.9 Å². The highest BCUT2D eigenvalue weighted by Crippen LogP contribution is 2.36. The SMILES string of the molecule is C#Cc1ccc(C)cc1Cl.C=C.CC.CCC(C)C1CCN(C)C1.CCC1=C(F)CC(C)=C1Cl. The van der Waals surface area contributed by atoms with Crippen molar-refractivity contribution in [3.63, 3.8) is 0 Å². The van der Waals surface area contributed by atoms with Crippen LogP contribution in [-0.4, -0.2) is 25.0 Å². The number of allylic oxidation sites excluding steroid dienone is 4. The first kappa shape index (κ1) is 34.6. The number of rotatable bonds is 3. The van der Waals surface area contributed by atoms with Crippen LogP contribution in [0.25, 0.3) is 0 Å². The summed E-state index contributed by atoms with van der Waals surface area (Å²) in [7, 11) is 2.22. The third-order valence-corrected chi connectivity index (χ3v) is 6.76. The standard InChI is InChI=1S/C9H7Cl.C9H19N.C8H10ClF.C2H6.C2H4/c1-3-8-5-4-7(2)6-9(8)10;1-4-8(2)9-5-6-10(3)7-9;1-3-6-7(10)4-5(2)8(6)9;2*1-2/h1,4-6H,2H3;8-9H,4-7H2,1-3H3;3-4H2,1-2H3;1-2H3;1-2H2. The summed E-state index contributed by atoms with van der Waals surface area (Å²) in [5.41, 5.74) is 3.53. The molecule has 1 heterocycles. The van der Waals surface area contributed by atoms with Gasteiger partial charge in [0.2, 0.25) is 0 Å². The van der Waals surface area contributed by atoms with E-state index < -0.39 is 0 Å². The van der Waals surface area contributed by atoms with Gasteiger partial charge in [-0.3, -0.25) is 0 Å². The van der Waals surface area contributed by atoms with Crippen molar-refractivity contribution in [1.82, 2.24) is 4.90 Å². The largest absolute Gasteiger partial charge is 0.306 e. The van der Waals surface area contributed by atoms with E-state index in [2.05, 4.69) is 44.9 Å². The number of halogens is 3. The Bertz CT molecular complexity index is 820. The Labute approximate surface area is 220 Å². The van der Waals surface area contributed by atoms with Crippen molar-refractivity contribution in [2.24, 2.45) is 11.8 Å². The van der Waals surface area contributed by atoms with Gasteiger partial charge in [-0.05, 0) is 75.4 Å². The summed E-state index contributed by atoms with van der Waals surface area (Å²) in [5, 5.41) is 1.29. The third-order valence-electron chi connectivity index (χ3n) is 5.90. The van der Waals surface area contributed by atoms with Crippen LogP contribution in [-0.2, 0) is 0 Å². The summed E-state index contributed by atoms with van der Waals surface area (Å²) >= 11 is 11.6. The quantitative estimate of drug-likeness (QED) is 0.289. The number of benzene rings is 1. The second-order valence-corrected chi connectivity index (χ2v) is 9.12. The van der Waals surface area contributed by atoms with E-state index in [1.54, 1.807) is 0 Å². The molecule has 0 N–H and O–H groups in total. The van der Waals surface area contributed by atoms with Crippen LogP contribution in [0.4, 0.5) is 4.39 Å². The van der Waals surface area contributed by atoms with Gasteiger partial charge in [0.25, 0.3) is 0 Å². The molecule has 1 aromatic rings. The highest BCUT2D eigenvalue weighted by atomic mass is 35.5. The van der Waals surface area contributed by atoms with Gasteiger partial charge >= 0.3 is 0 Å². The second kappa shape index (κ2) is 19.7. The van der Waals surface area contributed by atoms with Gasteiger partial charge in [-0.1, -0.05) is 76.2 Å². The fraction of sp³-hybridized carbons (Fsp3) is 0.533. The van der Waals surface area contributed by atoms with Crippen molar-refractivity contribution in [3.05, 3.63) is 69.5 Å². The Morgan fingerprint density at radius 1 is 1.21 bits per heavy atom. The number of aryl methyl sites for hydroxylation is 1. The number of likely N-dealkylation sites (tertiary alicyclic amines) is 1. The maximum absolute atomic E-state index is 12.8. The molecule has 3 rings (SSSR count). The third kappa shape index (κ3) is 12.3. The molecule has 4 heteroatoms. The van der Waals surface area contributed by atoms with Crippen molar-refractivity contribution in [1.29, 1.82) is 0 Å². The molecule has 0 radical (unpaired) electrons. The molecule has 2 atom stereocenters. The van der Waals surface area contributed by atoms with Crippen LogP contribution in [0.2, 0.25) is 5.02 Å². The summed E-state index contributed by atoms with van der Waals surface area (Å²) < 4.78 is 12.8. The van der Waals surface area contributed by atoms with Crippen molar-refractivity contribution in [2.45, 2.75) is 74.1 Å². The van der Waals surface area contributed by atoms with Crippen LogP contribution in [0.15, 0.2) is 53.4 Å². The normalized spacial score (nSPS) is 17.6. The number of nitrogens with zero attached hydrogens (tertiary/aromatic N) is 1. The molecule has 0 aromatic heterocycles. The molecule has 0 amide bonds. The molecule has 2 unspecified atom stereocenters. The van der Waals surface area contributed by atoms with Crippen molar-refractivity contribution in [2.75, 3.05) is 20.1 Å². The van der Waals surface area contributed by atoms with Crippen LogP contribution in [0.1, 0.15) is 78.4 Å². The Kier molecular flexibility index (Phi) is 20.1. The van der Waals surface area contributed by atoms with Gasteiger partial charge in [-0.2, -0.15) is 0 Å². The predicted molar refractivity (Wildman–Crippen MR) is 153 cm³/mol. The van der Waals surface area contributed by atoms with Gasteiger partial charge in [-0.25, -0.2) is 4.39 Å². The van der Waals surface area contributed by atoms with Crippen LogP contribution < -0.4 is 0 Å². The highest BCUT2D eigenvalue weighted by Gasteiger charge is 2.23. The van der Waals surface area contributed by atoms with Crippen molar-refractivity contribution >= 4 is 23.2 Å². The lowest BCUT2D eigenvalue weighted by molar-refractivity contribution is 0.330. The van der Waals surface area contributed by atoms with Gasteiger partial charge in [0.05, 0.1) is 5.02 Å². The topological polar surface area (TPSA) is 3.24 Å². The van der Waals surface area contributed by atoms with E-state index in [1.807, 2.05) is 52.8 Å². The van der Waals surface area contributed by atoms with Crippen molar-refractivity contribution in [3.8, 4) is 12.3 Å². The van der Waals surface area contributed by atoms with Gasteiger partial charge < -0.3 is 4.90 Å². The number of terminal acetylenes is 1. The van der Waals surface area contributed by atoms with E-state index in [9.17, 15) is 4.39 Å². The molecule has 34 heavy (non-hydrogen) atoms. The first-order chi connectivity index (χ1) is 16.1. The molecule has 1 aliphatic carbocycles. The molecule has 192 valence electrons. The minimum Gasteiger partial charge on any atom is -0.306 e. The monoisotopic (exact) mass is 509 g/mol. The molecule has 1 saturated heterocycles. The van der Waals surface area contributed by atoms with E-state index in [-0.39, 0.29) is 5.83 Å². The molecule has 2 aliphatic rings. The fourth-order valence-corrected chi connectivity index (χ4v) is 4.24. The summed E-state index contributed by atoms with van der Waals surface area (Å²) in [6, 6.07) is 5.65.